The number of Topliss-reactive ketones (excluding diaryl/α,β-unsaturated/α-hetero) is 1. The average molecular weight is 243 g/mol. The molecule has 0 aromatic carbocycles. The quantitative estimate of drug-likeness (QED) is 0.750. The number of carbonyl (C=O) groups excluding carboxylic acids is 1. The van der Waals surface area contributed by atoms with Crippen molar-refractivity contribution >= 4 is 17.5 Å². The van der Waals surface area contributed by atoms with Gasteiger partial charge in [0, 0.05) is 36.1 Å². The first-order valence-corrected chi connectivity index (χ1v) is 7.07. The number of thioether (sulfide) groups is 1. The van der Waals surface area contributed by atoms with E-state index in [9.17, 15) is 4.79 Å². The largest absolute Gasteiger partial charge is 0.381 e. The van der Waals surface area contributed by atoms with Crippen LogP contribution < -0.4 is 0 Å². The lowest BCUT2D eigenvalue weighted by Gasteiger charge is -2.34. The van der Waals surface area contributed by atoms with E-state index in [0.717, 1.165) is 26.1 Å². The van der Waals surface area contributed by atoms with E-state index in [4.69, 9.17) is 4.74 Å². The van der Waals surface area contributed by atoms with E-state index >= 15 is 0 Å². The van der Waals surface area contributed by atoms with Crippen molar-refractivity contribution in [2.45, 2.75) is 30.8 Å². The number of ether oxygens (including phenoxy) is 1. The fourth-order valence-electron chi connectivity index (χ4n) is 2.55. The number of ketones is 1. The Labute approximate surface area is 102 Å². The summed E-state index contributed by atoms with van der Waals surface area (Å²) < 4.78 is 5.27. The van der Waals surface area contributed by atoms with Gasteiger partial charge in [-0.3, -0.25) is 9.69 Å². The molecule has 3 unspecified atom stereocenters. The number of nitrogens with zero attached hydrogens (tertiary/aromatic N) is 1. The van der Waals surface area contributed by atoms with Gasteiger partial charge in [0.05, 0.1) is 13.2 Å². The molecule has 0 aliphatic carbocycles. The highest BCUT2D eigenvalue weighted by molar-refractivity contribution is 8.00. The minimum absolute atomic E-state index is 0.167. The summed E-state index contributed by atoms with van der Waals surface area (Å²) in [6.07, 6.45) is 0.923. The Balaban J connectivity index is 1.81. The second-order valence-corrected chi connectivity index (χ2v) is 6.86. The smallest absolute Gasteiger partial charge is 0.152 e. The fourth-order valence-corrected chi connectivity index (χ4v) is 3.94. The van der Waals surface area contributed by atoms with Crippen LogP contribution in [0.5, 0.6) is 0 Å². The molecule has 0 radical (unpaired) electrons. The standard InChI is InChI=1S/C12H21NO2S/c1-9-5-13(6-10(2)16-9)7-12(14)11-3-4-15-8-11/h9-11H,3-8H2,1-2H3. The molecule has 0 saturated carbocycles. The van der Waals surface area contributed by atoms with Gasteiger partial charge < -0.3 is 4.74 Å². The van der Waals surface area contributed by atoms with Crippen molar-refractivity contribution in [3.05, 3.63) is 0 Å². The SMILES string of the molecule is CC1CN(CC(=O)C2CCOC2)CC(C)S1. The van der Waals surface area contributed by atoms with E-state index in [-0.39, 0.29) is 5.92 Å². The zero-order valence-corrected chi connectivity index (χ0v) is 11.0. The molecule has 0 N–H and O–H groups in total. The molecule has 3 nitrogen and oxygen atoms in total. The third-order valence-electron chi connectivity index (χ3n) is 3.26. The lowest BCUT2D eigenvalue weighted by Crippen LogP contribution is -2.44. The van der Waals surface area contributed by atoms with Crippen molar-refractivity contribution in [1.82, 2.24) is 4.90 Å². The minimum Gasteiger partial charge on any atom is -0.381 e. The molecule has 16 heavy (non-hydrogen) atoms. The van der Waals surface area contributed by atoms with Crippen LogP contribution in [0, 0.1) is 5.92 Å². The first-order chi connectivity index (χ1) is 7.65. The monoisotopic (exact) mass is 243 g/mol. The van der Waals surface area contributed by atoms with Crippen LogP contribution in [-0.2, 0) is 9.53 Å². The van der Waals surface area contributed by atoms with E-state index in [1.165, 1.54) is 0 Å². The Bertz CT molecular complexity index is 243. The maximum atomic E-state index is 12.0. The van der Waals surface area contributed by atoms with Crippen molar-refractivity contribution in [2.24, 2.45) is 5.92 Å². The van der Waals surface area contributed by atoms with Gasteiger partial charge in [-0.25, -0.2) is 0 Å². The number of hydrogen-bond donors (Lipinski definition) is 0. The summed E-state index contributed by atoms with van der Waals surface area (Å²) in [6.45, 7) is 8.63. The molecule has 0 aromatic heterocycles. The maximum absolute atomic E-state index is 12.0. The highest BCUT2D eigenvalue weighted by Crippen LogP contribution is 2.25. The molecule has 2 heterocycles. The van der Waals surface area contributed by atoms with Crippen molar-refractivity contribution in [3.63, 3.8) is 0 Å². The first-order valence-electron chi connectivity index (χ1n) is 6.13. The molecule has 2 aliphatic rings. The number of carbonyl (C=O) groups is 1. The topological polar surface area (TPSA) is 29.5 Å². The van der Waals surface area contributed by atoms with Gasteiger partial charge in [-0.1, -0.05) is 13.8 Å². The second kappa shape index (κ2) is 5.52. The predicted molar refractivity (Wildman–Crippen MR) is 66.9 cm³/mol. The minimum atomic E-state index is 0.167. The first kappa shape index (κ1) is 12.4. The van der Waals surface area contributed by atoms with Crippen LogP contribution in [0.3, 0.4) is 0 Å². The van der Waals surface area contributed by atoms with Crippen molar-refractivity contribution in [3.8, 4) is 0 Å². The van der Waals surface area contributed by atoms with Crippen molar-refractivity contribution in [2.75, 3.05) is 32.8 Å². The summed E-state index contributed by atoms with van der Waals surface area (Å²) in [6, 6.07) is 0. The van der Waals surface area contributed by atoms with E-state index < -0.39 is 0 Å². The zero-order chi connectivity index (χ0) is 11.5. The molecule has 2 rings (SSSR count). The van der Waals surface area contributed by atoms with Crippen molar-refractivity contribution < 1.29 is 9.53 Å². The molecule has 92 valence electrons. The lowest BCUT2D eigenvalue weighted by atomic mass is 10.0. The Morgan fingerprint density at radius 3 is 2.62 bits per heavy atom. The molecule has 0 bridgehead atoms. The molecular formula is C12H21NO2S. The van der Waals surface area contributed by atoms with E-state index in [2.05, 4.69) is 18.7 Å². The van der Waals surface area contributed by atoms with E-state index in [1.54, 1.807) is 0 Å². The highest BCUT2D eigenvalue weighted by atomic mass is 32.2. The Morgan fingerprint density at radius 2 is 2.06 bits per heavy atom. The van der Waals surface area contributed by atoms with Crippen LogP contribution >= 0.6 is 11.8 Å². The molecule has 0 amide bonds. The molecule has 2 aliphatic heterocycles. The Kier molecular flexibility index (Phi) is 4.27. The summed E-state index contributed by atoms with van der Waals surface area (Å²) in [4.78, 5) is 14.3. The second-order valence-electron chi connectivity index (χ2n) is 4.98. The molecule has 0 aromatic rings. The number of rotatable bonds is 3. The van der Waals surface area contributed by atoms with E-state index in [0.29, 0.717) is 29.4 Å². The van der Waals surface area contributed by atoms with Crippen LogP contribution in [0.2, 0.25) is 0 Å². The van der Waals surface area contributed by atoms with Gasteiger partial charge >= 0.3 is 0 Å². The molecule has 2 fully saturated rings. The van der Waals surface area contributed by atoms with Crippen LogP contribution in [0.15, 0.2) is 0 Å². The average Bonchev–Trinajstić information content (AvgIpc) is 2.68. The van der Waals surface area contributed by atoms with Gasteiger partial charge in [-0.15, -0.1) is 0 Å². The van der Waals surface area contributed by atoms with Gasteiger partial charge in [0.25, 0.3) is 0 Å². The van der Waals surface area contributed by atoms with Gasteiger partial charge in [-0.2, -0.15) is 11.8 Å². The van der Waals surface area contributed by atoms with Gasteiger partial charge in [0.2, 0.25) is 0 Å². The Hall–Kier alpha value is -0.0600. The molecule has 0 spiro atoms. The third-order valence-corrected chi connectivity index (χ3v) is 4.49. The van der Waals surface area contributed by atoms with Crippen LogP contribution in [0.1, 0.15) is 20.3 Å². The van der Waals surface area contributed by atoms with Gasteiger partial charge in [-0.05, 0) is 6.42 Å². The predicted octanol–water partition coefficient (Wildman–Crippen LogP) is 1.42. The normalized spacial score (nSPS) is 36.5. The Morgan fingerprint density at radius 1 is 1.38 bits per heavy atom. The molecular weight excluding hydrogens is 222 g/mol. The van der Waals surface area contributed by atoms with E-state index in [1.807, 2.05) is 11.8 Å². The van der Waals surface area contributed by atoms with Crippen LogP contribution in [-0.4, -0.2) is 54.0 Å². The van der Waals surface area contributed by atoms with Gasteiger partial charge in [0.15, 0.2) is 5.78 Å². The fraction of sp³-hybridized carbons (Fsp3) is 0.917. The highest BCUT2D eigenvalue weighted by Gasteiger charge is 2.28. The summed E-state index contributed by atoms with van der Waals surface area (Å²) in [5.74, 6) is 0.545. The maximum Gasteiger partial charge on any atom is 0.152 e. The number of hydrogen-bond acceptors (Lipinski definition) is 4. The summed E-state index contributed by atoms with van der Waals surface area (Å²) in [5, 5.41) is 1.30. The van der Waals surface area contributed by atoms with Crippen LogP contribution in [0.25, 0.3) is 0 Å². The summed E-state index contributed by atoms with van der Waals surface area (Å²) >= 11 is 2.03. The third kappa shape index (κ3) is 3.22. The van der Waals surface area contributed by atoms with Gasteiger partial charge in [0.1, 0.15) is 0 Å². The van der Waals surface area contributed by atoms with Crippen LogP contribution in [0.4, 0.5) is 0 Å². The summed E-state index contributed by atoms with van der Waals surface area (Å²) in [7, 11) is 0. The molecule has 3 atom stereocenters. The zero-order valence-electron chi connectivity index (χ0n) is 10.1. The van der Waals surface area contributed by atoms with Crippen molar-refractivity contribution in [1.29, 1.82) is 0 Å². The lowest BCUT2D eigenvalue weighted by molar-refractivity contribution is -0.124. The summed E-state index contributed by atoms with van der Waals surface area (Å²) in [5.41, 5.74) is 0. The molecule has 4 heteroatoms. The molecule has 2 saturated heterocycles.